The van der Waals surface area contributed by atoms with Gasteiger partial charge < -0.3 is 17.4 Å². The maximum atomic E-state index is 9.98. The van der Waals surface area contributed by atoms with Crippen molar-refractivity contribution in [3.05, 3.63) is 0 Å². The van der Waals surface area contributed by atoms with Gasteiger partial charge >= 0.3 is 29.6 Å². The first-order valence-electron chi connectivity index (χ1n) is 1.85. The Morgan fingerprint density at radius 3 is 2.14 bits per heavy atom. The Hall–Kier alpha value is 1.02. The van der Waals surface area contributed by atoms with Crippen LogP contribution in [0.2, 0.25) is 0 Å². The van der Waals surface area contributed by atoms with Crippen molar-refractivity contribution in [1.29, 1.82) is 0 Å². The molecule has 0 unspecified atom stereocenters. The molecule has 1 nitrogen and oxygen atoms in total. The number of rotatable bonds is 2. The third-order valence-electron chi connectivity index (χ3n) is 0.454. The maximum Gasteiger partial charge on any atom is 1.00 e. The average molecular weight is 126 g/mol. The number of Topliss-reactive ketones (excluding diaryl/α,β-unsaturated/α-hetero) is 1. The fourth-order valence-electron chi connectivity index (χ4n) is 0.144. The summed E-state index contributed by atoms with van der Waals surface area (Å²) in [6.07, 6.45) is 0.551. The van der Waals surface area contributed by atoms with E-state index in [4.69, 9.17) is 0 Å². The van der Waals surface area contributed by atoms with E-state index in [1.165, 1.54) is 0 Å². The molecule has 0 aliphatic rings. The first-order chi connectivity index (χ1) is 2.77. The molecule has 0 bridgehead atoms. The van der Waals surface area contributed by atoms with Crippen LogP contribution >= 0.6 is 0 Å². The third kappa shape index (κ3) is 10.9. The van der Waals surface area contributed by atoms with Crippen molar-refractivity contribution in [1.82, 2.24) is 0 Å². The van der Waals surface area contributed by atoms with Crippen LogP contribution in [0.1, 0.15) is 13.3 Å². The van der Waals surface area contributed by atoms with Crippen molar-refractivity contribution in [3.8, 4) is 0 Å². The normalized spacial score (nSPS) is 7.14. The van der Waals surface area contributed by atoms with Crippen molar-refractivity contribution in [3.63, 3.8) is 0 Å². The van der Waals surface area contributed by atoms with Crippen molar-refractivity contribution >= 4 is 18.4 Å². The summed E-state index contributed by atoms with van der Waals surface area (Å²) >= 11 is 4.51. The van der Waals surface area contributed by atoms with Gasteiger partial charge in [-0.3, -0.25) is 0 Å². The van der Waals surface area contributed by atoms with Gasteiger partial charge in [0, 0.05) is 0 Å². The zero-order chi connectivity index (χ0) is 4.99. The molecular formula is C4H7NaOS. The van der Waals surface area contributed by atoms with E-state index in [0.29, 0.717) is 12.2 Å². The molecule has 0 atom stereocenters. The molecule has 0 fully saturated rings. The molecule has 7 heavy (non-hydrogen) atoms. The first-order valence-corrected chi connectivity index (χ1v) is 2.42. The van der Waals surface area contributed by atoms with Gasteiger partial charge in [-0.25, -0.2) is 0 Å². The first kappa shape index (κ1) is 10.9. The monoisotopic (exact) mass is 126 g/mol. The van der Waals surface area contributed by atoms with E-state index in [0.717, 1.165) is 0 Å². The summed E-state index contributed by atoms with van der Waals surface area (Å²) in [5.74, 6) is 0.750. The van der Waals surface area contributed by atoms with Gasteiger partial charge in [0.05, 0.1) is 0 Å². The van der Waals surface area contributed by atoms with Crippen LogP contribution < -0.4 is 29.6 Å². The van der Waals surface area contributed by atoms with Gasteiger partial charge in [-0.2, -0.15) is 5.75 Å². The third-order valence-corrected chi connectivity index (χ3v) is 0.658. The predicted octanol–water partition coefficient (Wildman–Crippen LogP) is -2.48. The Bertz CT molecular complexity index is 55.7. The molecule has 0 aliphatic heterocycles. The molecular weight excluding hydrogens is 119 g/mol. The summed E-state index contributed by atoms with van der Waals surface area (Å²) < 4.78 is 0. The SMILES string of the molecule is CC(=O)CC[S-].[Na+]. The molecule has 36 valence electrons. The maximum absolute atomic E-state index is 9.98. The van der Waals surface area contributed by atoms with Gasteiger partial charge in [-0.1, -0.05) is 0 Å². The smallest absolute Gasteiger partial charge is 0.792 e. The van der Waals surface area contributed by atoms with Crippen molar-refractivity contribution in [2.75, 3.05) is 5.75 Å². The molecule has 0 amide bonds. The number of carbonyl (C=O) groups excluding carboxylic acids is 1. The summed E-state index contributed by atoms with van der Waals surface area (Å²) in [5.41, 5.74) is 0. The molecule has 3 heteroatoms. The van der Waals surface area contributed by atoms with E-state index in [1.807, 2.05) is 0 Å². The molecule has 0 saturated heterocycles. The number of hydrogen-bond donors (Lipinski definition) is 0. The summed E-state index contributed by atoms with van der Waals surface area (Å²) in [6, 6.07) is 0. The van der Waals surface area contributed by atoms with Crippen molar-refractivity contribution in [2.45, 2.75) is 13.3 Å². The molecule has 0 aromatic rings. The Morgan fingerprint density at radius 2 is 2.14 bits per heavy atom. The Morgan fingerprint density at radius 1 is 1.71 bits per heavy atom. The minimum Gasteiger partial charge on any atom is -0.792 e. The summed E-state index contributed by atoms with van der Waals surface area (Å²) in [7, 11) is 0. The fraction of sp³-hybridized carbons (Fsp3) is 0.750. The van der Waals surface area contributed by atoms with Gasteiger partial charge in [0.15, 0.2) is 0 Å². The average Bonchev–Trinajstić information content (AvgIpc) is 1.35. The van der Waals surface area contributed by atoms with Crippen molar-refractivity contribution < 1.29 is 34.4 Å². The molecule has 0 heterocycles. The second-order valence-corrected chi connectivity index (χ2v) is 1.56. The molecule has 0 N–H and O–H groups in total. The second-order valence-electron chi connectivity index (χ2n) is 1.16. The van der Waals surface area contributed by atoms with E-state index in [-0.39, 0.29) is 35.3 Å². The molecule has 0 saturated carbocycles. The van der Waals surface area contributed by atoms with E-state index in [1.54, 1.807) is 6.92 Å². The number of hydrogen-bond acceptors (Lipinski definition) is 2. The van der Waals surface area contributed by atoms with Crippen LogP contribution in [0.5, 0.6) is 0 Å². The Kier molecular flexibility index (Phi) is 10.9. The van der Waals surface area contributed by atoms with E-state index in [9.17, 15) is 4.79 Å². The molecule has 0 aliphatic carbocycles. The van der Waals surface area contributed by atoms with Gasteiger partial charge in [-0.05, 0) is 13.3 Å². The van der Waals surface area contributed by atoms with E-state index < -0.39 is 0 Å². The molecule has 0 aromatic carbocycles. The zero-order valence-corrected chi connectivity index (χ0v) is 7.55. The van der Waals surface area contributed by atoms with Crippen LogP contribution in [-0.2, 0) is 17.4 Å². The van der Waals surface area contributed by atoms with Crippen LogP contribution in [-0.4, -0.2) is 11.5 Å². The summed E-state index contributed by atoms with van der Waals surface area (Å²) in [6.45, 7) is 1.55. The van der Waals surface area contributed by atoms with Crippen LogP contribution in [0.3, 0.4) is 0 Å². The Labute approximate surface area is 71.6 Å². The molecule has 0 rings (SSSR count). The zero-order valence-electron chi connectivity index (χ0n) is 4.73. The number of carbonyl (C=O) groups is 1. The van der Waals surface area contributed by atoms with Gasteiger partial charge in [-0.15, -0.1) is 0 Å². The van der Waals surface area contributed by atoms with Crippen LogP contribution in [0, 0.1) is 0 Å². The summed E-state index contributed by atoms with van der Waals surface area (Å²) in [5, 5.41) is 0. The Balaban J connectivity index is 0. The van der Waals surface area contributed by atoms with E-state index >= 15 is 0 Å². The quantitative estimate of drug-likeness (QED) is 0.301. The van der Waals surface area contributed by atoms with Crippen molar-refractivity contribution in [2.24, 2.45) is 0 Å². The predicted molar refractivity (Wildman–Crippen MR) is 27.5 cm³/mol. The van der Waals surface area contributed by atoms with Crippen LogP contribution in [0.25, 0.3) is 0 Å². The van der Waals surface area contributed by atoms with Gasteiger partial charge in [0.2, 0.25) is 0 Å². The topological polar surface area (TPSA) is 17.1 Å². The molecule has 0 spiro atoms. The number of ketones is 1. The second kappa shape index (κ2) is 7.02. The van der Waals surface area contributed by atoms with Crippen LogP contribution in [0.4, 0.5) is 0 Å². The van der Waals surface area contributed by atoms with E-state index in [2.05, 4.69) is 12.6 Å². The van der Waals surface area contributed by atoms with Crippen LogP contribution in [0.15, 0.2) is 0 Å². The largest absolute Gasteiger partial charge is 1.00 e. The minimum atomic E-state index is 0. The van der Waals surface area contributed by atoms with Gasteiger partial charge in [0.1, 0.15) is 5.78 Å². The minimum absolute atomic E-state index is 0. The standard InChI is InChI=1S/C4H8OS.Na/c1-4(5)2-3-6;/h6H,2-3H2,1H3;/q;+1/p-1. The molecule has 0 radical (unpaired) electrons. The van der Waals surface area contributed by atoms with Gasteiger partial charge in [0.25, 0.3) is 0 Å². The molecule has 0 aromatic heterocycles. The summed E-state index contributed by atoms with van der Waals surface area (Å²) in [4.78, 5) is 9.98. The fourth-order valence-corrected chi connectivity index (χ4v) is 0.431.